The van der Waals surface area contributed by atoms with Crippen molar-refractivity contribution in [3.63, 3.8) is 0 Å². The first-order chi connectivity index (χ1) is 8.54. The summed E-state index contributed by atoms with van der Waals surface area (Å²) >= 11 is 5.89. The highest BCUT2D eigenvalue weighted by Crippen LogP contribution is 2.38. The Labute approximate surface area is 109 Å². The average molecular weight is 272 g/mol. The number of nitrogens with one attached hydrogen (secondary N) is 1. The number of hydrogen-bond acceptors (Lipinski definition) is 4. The predicted octanol–water partition coefficient (Wildman–Crippen LogP) is -0.116. The van der Waals surface area contributed by atoms with Crippen LogP contribution in [0.5, 0.6) is 0 Å². The Balaban J connectivity index is 2.05. The van der Waals surface area contributed by atoms with Crippen LogP contribution in [0, 0.1) is 11.8 Å². The van der Waals surface area contributed by atoms with E-state index < -0.39 is 5.91 Å². The van der Waals surface area contributed by atoms with Gasteiger partial charge in [-0.05, 0) is 12.8 Å². The first-order valence-electron chi connectivity index (χ1n) is 5.73. The predicted molar refractivity (Wildman–Crippen MR) is 63.8 cm³/mol. The molecule has 0 unspecified atom stereocenters. The lowest BCUT2D eigenvalue weighted by molar-refractivity contribution is -0.140. The van der Waals surface area contributed by atoms with Crippen LogP contribution in [0.1, 0.15) is 19.3 Å². The molecule has 3 N–H and O–H groups in total. The Kier molecular flexibility index (Phi) is 3.68. The van der Waals surface area contributed by atoms with Crippen molar-refractivity contribution < 1.29 is 14.4 Å². The van der Waals surface area contributed by atoms with Gasteiger partial charge >= 0.3 is 0 Å². The lowest BCUT2D eigenvalue weighted by atomic mass is 9.85. The molecule has 0 aromatic carbocycles. The van der Waals surface area contributed by atoms with Crippen molar-refractivity contribution in [3.8, 4) is 0 Å². The first-order valence-corrected chi connectivity index (χ1v) is 6.11. The molecule has 0 bridgehead atoms. The highest BCUT2D eigenvalue weighted by Gasteiger charge is 2.48. The smallest absolute Gasteiger partial charge is 0.235 e. The van der Waals surface area contributed by atoms with Crippen molar-refractivity contribution in [2.24, 2.45) is 17.7 Å². The van der Waals surface area contributed by atoms with E-state index in [4.69, 9.17) is 17.4 Å². The van der Waals surface area contributed by atoms with Gasteiger partial charge < -0.3 is 0 Å². The SMILES string of the molecule is NNC(=O)CCN1C(=O)[C@H]2CC=C(Cl)C[C@@H]2C1=O. The monoisotopic (exact) mass is 271 g/mol. The first kappa shape index (κ1) is 13.0. The fourth-order valence-corrected chi connectivity index (χ4v) is 2.66. The van der Waals surface area contributed by atoms with Gasteiger partial charge in [0.2, 0.25) is 17.7 Å². The molecular formula is C11H14ClN3O3. The molecule has 0 spiro atoms. The van der Waals surface area contributed by atoms with Crippen LogP contribution in [0.3, 0.4) is 0 Å². The number of nitrogens with zero attached hydrogens (tertiary/aromatic N) is 1. The van der Waals surface area contributed by atoms with Crippen LogP contribution in [0.4, 0.5) is 0 Å². The number of hydrogen-bond donors (Lipinski definition) is 2. The number of rotatable bonds is 3. The van der Waals surface area contributed by atoms with E-state index >= 15 is 0 Å². The summed E-state index contributed by atoms with van der Waals surface area (Å²) in [5.41, 5.74) is 1.97. The van der Waals surface area contributed by atoms with Gasteiger partial charge in [0.05, 0.1) is 11.8 Å². The molecule has 18 heavy (non-hydrogen) atoms. The number of amides is 3. The van der Waals surface area contributed by atoms with Crippen LogP contribution in [0.25, 0.3) is 0 Å². The zero-order valence-electron chi connectivity index (χ0n) is 9.69. The largest absolute Gasteiger partial charge is 0.294 e. The van der Waals surface area contributed by atoms with E-state index in [1.807, 2.05) is 5.43 Å². The third kappa shape index (κ3) is 2.26. The van der Waals surface area contributed by atoms with Crippen molar-refractivity contribution in [1.82, 2.24) is 10.3 Å². The number of allylic oxidation sites excluding steroid dienone is 2. The molecule has 3 amide bonds. The fourth-order valence-electron chi connectivity index (χ4n) is 2.40. The second-order valence-electron chi connectivity index (χ2n) is 4.45. The Morgan fingerprint density at radius 2 is 2.11 bits per heavy atom. The van der Waals surface area contributed by atoms with Crippen LogP contribution < -0.4 is 11.3 Å². The van der Waals surface area contributed by atoms with Crippen LogP contribution in [0.2, 0.25) is 0 Å². The van der Waals surface area contributed by atoms with Gasteiger partial charge in [-0.15, -0.1) is 0 Å². The summed E-state index contributed by atoms with van der Waals surface area (Å²) in [6.07, 6.45) is 2.71. The maximum atomic E-state index is 12.1. The quantitative estimate of drug-likeness (QED) is 0.324. The number of carbonyl (C=O) groups excluding carboxylic acids is 3. The summed E-state index contributed by atoms with van der Waals surface area (Å²) in [6, 6.07) is 0. The molecule has 2 atom stereocenters. The topological polar surface area (TPSA) is 92.5 Å². The van der Waals surface area contributed by atoms with Crippen molar-refractivity contribution in [2.75, 3.05) is 6.54 Å². The third-order valence-corrected chi connectivity index (χ3v) is 3.69. The van der Waals surface area contributed by atoms with Crippen LogP contribution in [-0.2, 0) is 14.4 Å². The van der Waals surface area contributed by atoms with E-state index in [9.17, 15) is 14.4 Å². The molecule has 7 heteroatoms. The summed E-state index contributed by atoms with van der Waals surface area (Å²) in [5, 5.41) is 0.624. The van der Waals surface area contributed by atoms with Gasteiger partial charge in [0.1, 0.15) is 0 Å². The van der Waals surface area contributed by atoms with Gasteiger partial charge in [-0.25, -0.2) is 5.84 Å². The zero-order chi connectivity index (χ0) is 13.3. The summed E-state index contributed by atoms with van der Waals surface area (Å²) in [6.45, 7) is 0.0747. The molecule has 98 valence electrons. The van der Waals surface area contributed by atoms with Crippen LogP contribution >= 0.6 is 11.6 Å². The minimum Gasteiger partial charge on any atom is -0.294 e. The molecular weight excluding hydrogens is 258 g/mol. The van der Waals surface area contributed by atoms with Crippen molar-refractivity contribution in [2.45, 2.75) is 19.3 Å². The van der Waals surface area contributed by atoms with E-state index in [-0.39, 0.29) is 36.6 Å². The van der Waals surface area contributed by atoms with Crippen molar-refractivity contribution >= 4 is 29.3 Å². The Morgan fingerprint density at radius 3 is 2.78 bits per heavy atom. The molecule has 1 heterocycles. The van der Waals surface area contributed by atoms with Gasteiger partial charge in [-0.3, -0.25) is 24.7 Å². The second kappa shape index (κ2) is 5.07. The molecule has 0 radical (unpaired) electrons. The molecule has 2 aliphatic rings. The number of likely N-dealkylation sites (tertiary alicyclic amines) is 1. The summed E-state index contributed by atoms with van der Waals surface area (Å²) in [7, 11) is 0. The van der Waals surface area contributed by atoms with Gasteiger partial charge in [0, 0.05) is 18.0 Å². The molecule has 6 nitrogen and oxygen atoms in total. The second-order valence-corrected chi connectivity index (χ2v) is 4.93. The molecule has 1 fully saturated rings. The Bertz CT molecular complexity index is 435. The molecule has 0 aromatic heterocycles. The van der Waals surface area contributed by atoms with E-state index in [2.05, 4.69) is 0 Å². The summed E-state index contributed by atoms with van der Waals surface area (Å²) in [5.74, 6) is 3.41. The minimum atomic E-state index is -0.401. The molecule has 2 rings (SSSR count). The van der Waals surface area contributed by atoms with Crippen LogP contribution in [0.15, 0.2) is 11.1 Å². The Hall–Kier alpha value is -1.40. The normalized spacial score (nSPS) is 27.0. The minimum absolute atomic E-state index is 0.0224. The highest BCUT2D eigenvalue weighted by atomic mass is 35.5. The fraction of sp³-hybridized carbons (Fsp3) is 0.545. The molecule has 1 saturated heterocycles. The number of fused-ring (bicyclic) bond motifs is 1. The van der Waals surface area contributed by atoms with Gasteiger partial charge in [0.15, 0.2) is 0 Å². The van der Waals surface area contributed by atoms with E-state index in [0.29, 0.717) is 17.9 Å². The number of halogens is 1. The standard InChI is InChI=1S/C11H14ClN3O3/c12-6-1-2-7-8(5-6)11(18)15(10(7)17)4-3-9(16)14-13/h1,7-8H,2-5,13H2,(H,14,16)/t7-,8-/m0/s1. The van der Waals surface area contributed by atoms with Gasteiger partial charge in [-0.1, -0.05) is 17.7 Å². The van der Waals surface area contributed by atoms with E-state index in [1.165, 1.54) is 0 Å². The van der Waals surface area contributed by atoms with Crippen molar-refractivity contribution in [3.05, 3.63) is 11.1 Å². The van der Waals surface area contributed by atoms with Gasteiger partial charge in [0.25, 0.3) is 0 Å². The molecule has 0 aromatic rings. The van der Waals surface area contributed by atoms with E-state index in [0.717, 1.165) is 4.90 Å². The average Bonchev–Trinajstić information content (AvgIpc) is 2.59. The van der Waals surface area contributed by atoms with Crippen molar-refractivity contribution in [1.29, 1.82) is 0 Å². The Morgan fingerprint density at radius 1 is 1.44 bits per heavy atom. The molecule has 1 aliphatic carbocycles. The lowest BCUT2D eigenvalue weighted by Gasteiger charge is -2.17. The third-order valence-electron chi connectivity index (χ3n) is 3.38. The number of hydrazine groups is 1. The highest BCUT2D eigenvalue weighted by molar-refractivity contribution is 6.30. The summed E-state index contributed by atoms with van der Waals surface area (Å²) < 4.78 is 0. The maximum Gasteiger partial charge on any atom is 0.235 e. The zero-order valence-corrected chi connectivity index (χ0v) is 10.4. The van der Waals surface area contributed by atoms with Gasteiger partial charge in [-0.2, -0.15) is 0 Å². The van der Waals surface area contributed by atoms with E-state index in [1.54, 1.807) is 6.08 Å². The molecule has 1 aliphatic heterocycles. The number of nitrogens with two attached hydrogens (primary N) is 1. The molecule has 0 saturated carbocycles. The van der Waals surface area contributed by atoms with Crippen LogP contribution in [-0.4, -0.2) is 29.2 Å². The maximum absolute atomic E-state index is 12.1. The summed E-state index contributed by atoms with van der Waals surface area (Å²) in [4.78, 5) is 36.3. The lowest BCUT2D eigenvalue weighted by Crippen LogP contribution is -2.37. The number of carbonyl (C=O) groups is 3. The number of imide groups is 1.